The fraction of sp³-hybridized carbons (Fsp3) is 0.344. The average molecular weight is 629 g/mol. The molecule has 0 saturated heterocycles. The molecule has 0 bridgehead atoms. The van der Waals surface area contributed by atoms with E-state index in [9.17, 15) is 20.1 Å². The Bertz CT molecular complexity index is 1600. The predicted octanol–water partition coefficient (Wildman–Crippen LogP) is 6.08. The van der Waals surface area contributed by atoms with Crippen LogP contribution in [-0.2, 0) is 22.6 Å². The van der Waals surface area contributed by atoms with Gasteiger partial charge in [-0.2, -0.15) is 0 Å². The SMILES string of the molecule is CCC(O)(C1=CCCC(C)C=N1)c1cc(F)c2c(c1)C(=O)N(Cc1ncc(Cl)cc1O)[C@@]2(OCCO)c1ccc(Cl)cc1. The van der Waals surface area contributed by atoms with Gasteiger partial charge < -0.3 is 20.1 Å². The van der Waals surface area contributed by atoms with Gasteiger partial charge in [0, 0.05) is 29.1 Å². The molecule has 3 atom stereocenters. The normalized spacial score (nSPS) is 21.4. The average Bonchev–Trinajstić information content (AvgIpc) is 3.09. The molecule has 2 aliphatic rings. The Kier molecular flexibility index (Phi) is 8.92. The Hall–Kier alpha value is -3.34. The van der Waals surface area contributed by atoms with Crippen LogP contribution in [0.25, 0.3) is 0 Å². The lowest BCUT2D eigenvalue weighted by molar-refractivity contribution is -0.120. The summed E-state index contributed by atoms with van der Waals surface area (Å²) in [6.07, 6.45) is 6.66. The van der Waals surface area contributed by atoms with Crippen molar-refractivity contribution in [3.05, 3.63) is 104 Å². The molecule has 1 aromatic heterocycles. The lowest BCUT2D eigenvalue weighted by atomic mass is 9.84. The van der Waals surface area contributed by atoms with Crippen LogP contribution in [-0.4, -0.2) is 50.5 Å². The van der Waals surface area contributed by atoms with E-state index in [1.54, 1.807) is 37.4 Å². The Balaban J connectivity index is 1.74. The number of pyridine rings is 1. The molecule has 3 heterocycles. The third-order valence-corrected chi connectivity index (χ3v) is 8.44. The minimum absolute atomic E-state index is 0.0465. The second-order valence-corrected chi connectivity index (χ2v) is 11.6. The summed E-state index contributed by atoms with van der Waals surface area (Å²) in [7, 11) is 0. The van der Waals surface area contributed by atoms with Crippen molar-refractivity contribution in [3.63, 3.8) is 0 Å². The molecule has 2 aromatic carbocycles. The van der Waals surface area contributed by atoms with Crippen molar-refractivity contribution >= 4 is 35.3 Å². The number of aliphatic hydroxyl groups excluding tert-OH is 1. The molecule has 3 N–H and O–H groups in total. The lowest BCUT2D eigenvalue weighted by Gasteiger charge is -2.39. The second-order valence-electron chi connectivity index (χ2n) is 10.8. The van der Waals surface area contributed by atoms with Gasteiger partial charge in [-0.25, -0.2) is 4.39 Å². The molecule has 1 amide bonds. The minimum atomic E-state index is -1.88. The summed E-state index contributed by atoms with van der Waals surface area (Å²) in [6, 6.07) is 10.3. The second kappa shape index (κ2) is 12.3. The molecule has 11 heteroatoms. The fourth-order valence-corrected chi connectivity index (χ4v) is 6.00. The Morgan fingerprint density at radius 3 is 2.60 bits per heavy atom. The summed E-state index contributed by atoms with van der Waals surface area (Å²) in [5.41, 5.74) is -2.70. The van der Waals surface area contributed by atoms with Crippen LogP contribution in [0.2, 0.25) is 10.0 Å². The highest BCUT2D eigenvalue weighted by molar-refractivity contribution is 6.30. The molecule has 226 valence electrons. The van der Waals surface area contributed by atoms with Gasteiger partial charge in [-0.05, 0) is 55.0 Å². The number of ether oxygens (including phenoxy) is 1. The van der Waals surface area contributed by atoms with Gasteiger partial charge in [0.25, 0.3) is 5.91 Å². The smallest absolute Gasteiger partial charge is 0.257 e. The van der Waals surface area contributed by atoms with Crippen molar-refractivity contribution in [1.82, 2.24) is 9.88 Å². The summed E-state index contributed by atoms with van der Waals surface area (Å²) < 4.78 is 22.9. The molecule has 43 heavy (non-hydrogen) atoms. The Morgan fingerprint density at radius 1 is 1.19 bits per heavy atom. The monoisotopic (exact) mass is 627 g/mol. The number of amides is 1. The maximum Gasteiger partial charge on any atom is 0.257 e. The van der Waals surface area contributed by atoms with Crippen molar-refractivity contribution < 1.29 is 29.2 Å². The van der Waals surface area contributed by atoms with E-state index < -0.39 is 29.7 Å². The molecule has 2 unspecified atom stereocenters. The first-order valence-electron chi connectivity index (χ1n) is 14.0. The van der Waals surface area contributed by atoms with Gasteiger partial charge >= 0.3 is 0 Å². The van der Waals surface area contributed by atoms with Gasteiger partial charge in [0.2, 0.25) is 0 Å². The summed E-state index contributed by atoms with van der Waals surface area (Å²) in [4.78, 5) is 24.3. The van der Waals surface area contributed by atoms with Crippen LogP contribution in [0, 0.1) is 11.7 Å². The van der Waals surface area contributed by atoms with Crippen LogP contribution in [0.4, 0.5) is 4.39 Å². The molecule has 5 rings (SSSR count). The Labute approximate surface area is 259 Å². The highest BCUT2D eigenvalue weighted by atomic mass is 35.5. The zero-order valence-electron chi connectivity index (χ0n) is 23.7. The van der Waals surface area contributed by atoms with E-state index in [0.717, 1.165) is 6.42 Å². The van der Waals surface area contributed by atoms with E-state index >= 15 is 4.39 Å². The van der Waals surface area contributed by atoms with E-state index in [4.69, 9.17) is 27.9 Å². The minimum Gasteiger partial charge on any atom is -0.506 e. The van der Waals surface area contributed by atoms with E-state index in [1.165, 1.54) is 29.3 Å². The van der Waals surface area contributed by atoms with Crippen LogP contribution >= 0.6 is 23.2 Å². The maximum atomic E-state index is 16.6. The number of benzene rings is 2. The first-order chi connectivity index (χ1) is 20.5. The van der Waals surface area contributed by atoms with Crippen molar-refractivity contribution in [2.75, 3.05) is 13.2 Å². The number of aromatic hydroxyl groups is 1. The predicted molar refractivity (Wildman–Crippen MR) is 162 cm³/mol. The van der Waals surface area contributed by atoms with E-state index in [2.05, 4.69) is 9.98 Å². The number of allylic oxidation sites excluding steroid dienone is 1. The number of aliphatic imine (C=N–C) groups is 1. The molecular weight excluding hydrogens is 596 g/mol. The molecule has 0 saturated carbocycles. The van der Waals surface area contributed by atoms with Crippen LogP contribution in [0.15, 0.2) is 65.4 Å². The molecule has 0 radical (unpaired) electrons. The van der Waals surface area contributed by atoms with E-state index in [1.807, 2.05) is 13.0 Å². The van der Waals surface area contributed by atoms with Crippen molar-refractivity contribution in [1.29, 1.82) is 0 Å². The highest BCUT2D eigenvalue weighted by Gasteiger charge is 2.55. The van der Waals surface area contributed by atoms with Crippen molar-refractivity contribution in [3.8, 4) is 5.75 Å². The number of carbonyl (C=O) groups is 1. The van der Waals surface area contributed by atoms with Gasteiger partial charge in [-0.15, -0.1) is 0 Å². The first kappa shape index (κ1) is 31.1. The van der Waals surface area contributed by atoms with E-state index in [0.29, 0.717) is 22.7 Å². The third-order valence-electron chi connectivity index (χ3n) is 7.99. The van der Waals surface area contributed by atoms with Gasteiger partial charge in [0.15, 0.2) is 5.72 Å². The number of nitrogens with zero attached hydrogens (tertiary/aromatic N) is 3. The number of halogens is 3. The molecule has 0 fully saturated rings. The quantitative estimate of drug-likeness (QED) is 0.265. The number of hydrogen-bond donors (Lipinski definition) is 3. The maximum absolute atomic E-state index is 16.6. The molecule has 8 nitrogen and oxygen atoms in total. The number of fused-ring (bicyclic) bond motifs is 1. The van der Waals surface area contributed by atoms with Gasteiger partial charge in [0.05, 0.1) is 41.6 Å². The van der Waals surface area contributed by atoms with Gasteiger partial charge in [0.1, 0.15) is 22.9 Å². The number of aromatic nitrogens is 1. The van der Waals surface area contributed by atoms with E-state index in [-0.39, 0.29) is 58.6 Å². The summed E-state index contributed by atoms with van der Waals surface area (Å²) in [5.74, 6) is -1.49. The van der Waals surface area contributed by atoms with Crippen LogP contribution in [0.1, 0.15) is 65.9 Å². The van der Waals surface area contributed by atoms with Gasteiger partial charge in [-0.1, -0.05) is 55.3 Å². The van der Waals surface area contributed by atoms with Crippen molar-refractivity contribution in [2.45, 2.75) is 51.0 Å². The number of rotatable bonds is 9. The topological polar surface area (TPSA) is 115 Å². The summed E-state index contributed by atoms with van der Waals surface area (Å²) >= 11 is 12.2. The molecule has 2 aliphatic heterocycles. The standard InChI is InChI=1S/C32H32Cl2FN3O5/c1-3-31(42,28-6-4-5-19(2)16-37-28)21-13-24-29(25(35)14-21)32(43-12-11-39,20-7-9-22(33)10-8-20)38(30(24)41)18-26-27(40)15-23(34)17-36-26/h6-10,13-17,19,39-40,42H,3-5,11-12,18H2,1-2H3/t19?,31?,32-/m1/s1. The zero-order chi connectivity index (χ0) is 30.9. The van der Waals surface area contributed by atoms with Crippen LogP contribution < -0.4 is 0 Å². The first-order valence-corrected chi connectivity index (χ1v) is 14.8. The van der Waals surface area contributed by atoms with Crippen LogP contribution in [0.5, 0.6) is 5.75 Å². The number of hydrogen-bond acceptors (Lipinski definition) is 7. The zero-order valence-corrected chi connectivity index (χ0v) is 25.2. The Morgan fingerprint density at radius 2 is 1.93 bits per heavy atom. The number of carbonyl (C=O) groups excluding carboxylic acids is 1. The summed E-state index contributed by atoms with van der Waals surface area (Å²) in [6.45, 7) is 2.82. The van der Waals surface area contributed by atoms with Gasteiger partial charge in [-0.3, -0.25) is 19.7 Å². The van der Waals surface area contributed by atoms with Crippen LogP contribution in [0.3, 0.4) is 0 Å². The third kappa shape index (κ3) is 5.56. The molecule has 3 aromatic rings. The summed E-state index contributed by atoms with van der Waals surface area (Å²) in [5, 5.41) is 32.9. The molecule has 0 aliphatic carbocycles. The highest BCUT2D eigenvalue weighted by Crippen LogP contribution is 2.49. The molecule has 0 spiro atoms. The largest absolute Gasteiger partial charge is 0.506 e. The number of aliphatic hydroxyl groups is 2. The lowest BCUT2D eigenvalue weighted by Crippen LogP contribution is -2.47. The fourth-order valence-electron chi connectivity index (χ4n) is 5.72. The van der Waals surface area contributed by atoms with Crippen molar-refractivity contribution in [2.24, 2.45) is 10.9 Å². The molecular formula is C32H32Cl2FN3O5.